The predicted octanol–water partition coefficient (Wildman–Crippen LogP) is 3.60. The lowest BCUT2D eigenvalue weighted by Crippen LogP contribution is -2.38. The van der Waals surface area contributed by atoms with E-state index in [9.17, 15) is 13.2 Å². The van der Waals surface area contributed by atoms with Gasteiger partial charge in [0.1, 0.15) is 0 Å². The van der Waals surface area contributed by atoms with Crippen molar-refractivity contribution in [3.05, 3.63) is 42.2 Å². The SMILES string of the molecule is CCNC(=NCc1ccc(OCC(F)(F)F)c(OC)c1)NCCCn1cccn1.I. The van der Waals surface area contributed by atoms with E-state index in [-0.39, 0.29) is 35.5 Å². The number of alkyl halides is 3. The third kappa shape index (κ3) is 9.55. The monoisotopic (exact) mass is 541 g/mol. The van der Waals surface area contributed by atoms with E-state index in [1.807, 2.05) is 23.9 Å². The van der Waals surface area contributed by atoms with E-state index in [1.165, 1.54) is 13.2 Å². The lowest BCUT2D eigenvalue weighted by atomic mass is 10.2. The van der Waals surface area contributed by atoms with E-state index < -0.39 is 12.8 Å². The lowest BCUT2D eigenvalue weighted by Gasteiger charge is -2.14. The minimum atomic E-state index is -4.40. The Hall–Kier alpha value is -2.18. The first-order valence-corrected chi connectivity index (χ1v) is 9.27. The van der Waals surface area contributed by atoms with E-state index >= 15 is 0 Å². The summed E-state index contributed by atoms with van der Waals surface area (Å²) in [6.07, 6.45) is 0.129. The molecule has 168 valence electrons. The van der Waals surface area contributed by atoms with Gasteiger partial charge in [-0.25, -0.2) is 4.99 Å². The molecule has 0 atom stereocenters. The summed E-state index contributed by atoms with van der Waals surface area (Å²) >= 11 is 0. The molecule has 1 aromatic carbocycles. The molecule has 30 heavy (non-hydrogen) atoms. The first kappa shape index (κ1) is 25.9. The molecule has 0 saturated carbocycles. The van der Waals surface area contributed by atoms with Crippen LogP contribution in [-0.2, 0) is 13.1 Å². The molecule has 7 nitrogen and oxygen atoms in total. The second-order valence-electron chi connectivity index (χ2n) is 6.13. The van der Waals surface area contributed by atoms with E-state index in [0.29, 0.717) is 19.0 Å². The molecule has 0 amide bonds. The molecule has 0 spiro atoms. The number of aromatic nitrogens is 2. The predicted molar refractivity (Wildman–Crippen MR) is 120 cm³/mol. The molecule has 0 radical (unpaired) electrons. The number of guanidine groups is 1. The molecule has 1 heterocycles. The van der Waals surface area contributed by atoms with Crippen molar-refractivity contribution in [1.82, 2.24) is 20.4 Å². The van der Waals surface area contributed by atoms with Gasteiger partial charge in [-0.15, -0.1) is 24.0 Å². The molecular weight excluding hydrogens is 514 g/mol. The first-order valence-electron chi connectivity index (χ1n) is 9.27. The number of nitrogens with one attached hydrogen (secondary N) is 2. The van der Waals surface area contributed by atoms with Gasteiger partial charge in [0.25, 0.3) is 0 Å². The van der Waals surface area contributed by atoms with Gasteiger partial charge < -0.3 is 20.1 Å². The normalized spacial score (nSPS) is 11.6. The summed E-state index contributed by atoms with van der Waals surface area (Å²) in [4.78, 5) is 4.50. The summed E-state index contributed by atoms with van der Waals surface area (Å²) in [7, 11) is 1.38. The number of benzene rings is 1. The average Bonchev–Trinajstić information content (AvgIpc) is 3.20. The Kier molecular flexibility index (Phi) is 11.4. The van der Waals surface area contributed by atoms with Crippen LogP contribution in [0.5, 0.6) is 11.5 Å². The molecule has 0 fully saturated rings. The molecule has 2 aromatic rings. The summed E-state index contributed by atoms with van der Waals surface area (Å²) in [5, 5.41) is 10.6. The molecule has 0 aliphatic heterocycles. The van der Waals surface area contributed by atoms with Crippen LogP contribution in [0.3, 0.4) is 0 Å². The van der Waals surface area contributed by atoms with Gasteiger partial charge in [0, 0.05) is 32.0 Å². The quantitative estimate of drug-likeness (QED) is 0.208. The number of rotatable bonds is 10. The Morgan fingerprint density at radius 1 is 1.23 bits per heavy atom. The highest BCUT2D eigenvalue weighted by molar-refractivity contribution is 14.0. The topological polar surface area (TPSA) is 72.7 Å². The Morgan fingerprint density at radius 2 is 2.03 bits per heavy atom. The summed E-state index contributed by atoms with van der Waals surface area (Å²) in [5.74, 6) is 0.935. The van der Waals surface area contributed by atoms with Crippen LogP contribution in [0, 0.1) is 0 Å². The fourth-order valence-electron chi connectivity index (χ4n) is 2.48. The lowest BCUT2D eigenvalue weighted by molar-refractivity contribution is -0.153. The van der Waals surface area contributed by atoms with Gasteiger partial charge in [-0.05, 0) is 37.1 Å². The highest BCUT2D eigenvalue weighted by atomic mass is 127. The zero-order chi connectivity index (χ0) is 21.1. The zero-order valence-electron chi connectivity index (χ0n) is 16.9. The third-order valence-corrected chi connectivity index (χ3v) is 3.80. The highest BCUT2D eigenvalue weighted by Crippen LogP contribution is 2.30. The Morgan fingerprint density at radius 3 is 2.67 bits per heavy atom. The zero-order valence-corrected chi connectivity index (χ0v) is 19.2. The van der Waals surface area contributed by atoms with Crippen molar-refractivity contribution in [2.45, 2.75) is 32.6 Å². The molecule has 0 aliphatic carbocycles. The maximum absolute atomic E-state index is 12.3. The smallest absolute Gasteiger partial charge is 0.422 e. The summed E-state index contributed by atoms with van der Waals surface area (Å²) in [6.45, 7) is 3.17. The minimum Gasteiger partial charge on any atom is -0.493 e. The van der Waals surface area contributed by atoms with Gasteiger partial charge in [0.05, 0.1) is 13.7 Å². The van der Waals surface area contributed by atoms with Crippen molar-refractivity contribution in [1.29, 1.82) is 0 Å². The van der Waals surface area contributed by atoms with Crippen molar-refractivity contribution in [3.63, 3.8) is 0 Å². The van der Waals surface area contributed by atoms with Crippen LogP contribution in [-0.4, -0.2) is 48.7 Å². The molecule has 0 bridgehead atoms. The van der Waals surface area contributed by atoms with Gasteiger partial charge in [0.15, 0.2) is 24.1 Å². The molecule has 2 N–H and O–H groups in total. The van der Waals surface area contributed by atoms with Gasteiger partial charge in [-0.2, -0.15) is 18.3 Å². The average molecular weight is 541 g/mol. The van der Waals surface area contributed by atoms with Gasteiger partial charge in [0.2, 0.25) is 0 Å². The molecule has 0 saturated heterocycles. The number of aliphatic imine (C=N–C) groups is 1. The molecular formula is C19H27F3IN5O2. The van der Waals surface area contributed by atoms with Gasteiger partial charge >= 0.3 is 6.18 Å². The number of nitrogens with zero attached hydrogens (tertiary/aromatic N) is 3. The standard InChI is InChI=1S/C19H26F3N5O2.HI/c1-3-23-18(24-8-4-10-27-11-5-9-26-27)25-13-15-6-7-16(17(12-15)28-2)29-14-19(20,21)22;/h5-7,9,11-12H,3-4,8,10,13-14H2,1-2H3,(H2,23,24,25);1H. The fraction of sp³-hybridized carbons (Fsp3) is 0.474. The minimum absolute atomic E-state index is 0. The van der Waals surface area contributed by atoms with Crippen molar-refractivity contribution in [2.75, 3.05) is 26.8 Å². The van der Waals surface area contributed by atoms with Crippen LogP contribution in [0.15, 0.2) is 41.7 Å². The van der Waals surface area contributed by atoms with E-state index in [4.69, 9.17) is 9.47 Å². The number of methoxy groups -OCH3 is 1. The Balaban J connectivity index is 0.00000450. The number of hydrogen-bond acceptors (Lipinski definition) is 4. The van der Waals surface area contributed by atoms with E-state index in [1.54, 1.807) is 18.3 Å². The molecule has 11 heteroatoms. The number of ether oxygens (including phenoxy) is 2. The van der Waals surface area contributed by atoms with Crippen LogP contribution in [0.25, 0.3) is 0 Å². The molecule has 1 aromatic heterocycles. The number of halogens is 4. The van der Waals surface area contributed by atoms with Crippen molar-refractivity contribution >= 4 is 29.9 Å². The van der Waals surface area contributed by atoms with Crippen molar-refractivity contribution in [3.8, 4) is 11.5 Å². The van der Waals surface area contributed by atoms with Gasteiger partial charge in [-0.1, -0.05) is 6.07 Å². The molecule has 0 aliphatic rings. The van der Waals surface area contributed by atoms with E-state index in [2.05, 4.69) is 20.7 Å². The Bertz CT molecular complexity index is 770. The highest BCUT2D eigenvalue weighted by Gasteiger charge is 2.29. The largest absolute Gasteiger partial charge is 0.493 e. The van der Waals surface area contributed by atoms with Crippen LogP contribution in [0.2, 0.25) is 0 Å². The van der Waals surface area contributed by atoms with Crippen LogP contribution < -0.4 is 20.1 Å². The summed E-state index contributed by atoms with van der Waals surface area (Å²) < 4.78 is 48.8. The number of aryl methyl sites for hydroxylation is 1. The second-order valence-corrected chi connectivity index (χ2v) is 6.13. The summed E-state index contributed by atoms with van der Waals surface area (Å²) in [6, 6.07) is 6.63. The fourth-order valence-corrected chi connectivity index (χ4v) is 2.48. The van der Waals surface area contributed by atoms with Crippen LogP contribution in [0.4, 0.5) is 13.2 Å². The molecule has 0 unspecified atom stereocenters. The van der Waals surface area contributed by atoms with Crippen molar-refractivity contribution in [2.24, 2.45) is 4.99 Å². The first-order chi connectivity index (χ1) is 13.9. The van der Waals surface area contributed by atoms with E-state index in [0.717, 1.165) is 25.1 Å². The third-order valence-electron chi connectivity index (χ3n) is 3.80. The maximum atomic E-state index is 12.3. The molecule has 2 rings (SSSR count). The van der Waals surface area contributed by atoms with Crippen LogP contribution >= 0.6 is 24.0 Å². The Labute approximate surface area is 191 Å². The maximum Gasteiger partial charge on any atom is 0.422 e. The number of hydrogen-bond donors (Lipinski definition) is 2. The van der Waals surface area contributed by atoms with Crippen LogP contribution in [0.1, 0.15) is 18.9 Å². The van der Waals surface area contributed by atoms with Gasteiger partial charge in [-0.3, -0.25) is 4.68 Å². The second kappa shape index (κ2) is 13.2. The van der Waals surface area contributed by atoms with Crippen molar-refractivity contribution < 1.29 is 22.6 Å². The summed E-state index contributed by atoms with van der Waals surface area (Å²) in [5.41, 5.74) is 0.787.